The minimum absolute atomic E-state index is 0.00641. The summed E-state index contributed by atoms with van der Waals surface area (Å²) in [6.45, 7) is 3.58. The van der Waals surface area contributed by atoms with E-state index >= 15 is 0 Å². The van der Waals surface area contributed by atoms with Crippen LogP contribution < -0.4 is 16.0 Å². The zero-order valence-electron chi connectivity index (χ0n) is 19.9. The fourth-order valence-corrected chi connectivity index (χ4v) is 5.56. The Kier molecular flexibility index (Phi) is 5.31. The predicted molar refractivity (Wildman–Crippen MR) is 123 cm³/mol. The van der Waals surface area contributed by atoms with E-state index in [9.17, 15) is 32.3 Å². The number of carbonyl (C=O) groups is 4. The summed E-state index contributed by atoms with van der Waals surface area (Å²) in [7, 11) is 1.26. The highest BCUT2D eigenvalue weighted by atomic mass is 19.3. The molecule has 1 aromatic heterocycles. The maximum Gasteiger partial charge on any atom is 0.294 e. The number of hydrogen-bond donors (Lipinski definition) is 3. The van der Waals surface area contributed by atoms with Crippen molar-refractivity contribution in [1.29, 1.82) is 0 Å². The molecule has 3 amide bonds. The summed E-state index contributed by atoms with van der Waals surface area (Å²) in [5, 5.41) is 7.15. The molecule has 190 valence electrons. The largest absolute Gasteiger partial charge is 0.357 e. The molecule has 1 aromatic carbocycles. The highest BCUT2D eigenvalue weighted by Gasteiger charge is 2.62. The Labute approximate surface area is 204 Å². The number of Topliss-reactive ketones (excluding diaryl/α,β-unsaturated/α-hetero) is 1. The summed E-state index contributed by atoms with van der Waals surface area (Å²) in [5.74, 6) is -6.85. The smallest absolute Gasteiger partial charge is 0.294 e. The third-order valence-electron chi connectivity index (χ3n) is 7.45. The molecular formula is C25H25F3N4O4. The molecule has 2 heterocycles. The van der Waals surface area contributed by atoms with Gasteiger partial charge in [-0.3, -0.25) is 19.2 Å². The van der Waals surface area contributed by atoms with Gasteiger partial charge in [0.15, 0.2) is 0 Å². The van der Waals surface area contributed by atoms with Crippen molar-refractivity contribution in [3.63, 3.8) is 0 Å². The second kappa shape index (κ2) is 7.94. The number of halogens is 3. The fraction of sp³-hybridized carbons (Fsp3) is 0.440. The van der Waals surface area contributed by atoms with E-state index in [4.69, 9.17) is 0 Å². The van der Waals surface area contributed by atoms with E-state index in [1.54, 1.807) is 24.5 Å². The van der Waals surface area contributed by atoms with Gasteiger partial charge in [-0.1, -0.05) is 6.07 Å². The van der Waals surface area contributed by atoms with E-state index in [1.165, 1.54) is 19.2 Å². The number of anilines is 1. The van der Waals surface area contributed by atoms with Crippen LogP contribution in [0.5, 0.6) is 0 Å². The molecule has 36 heavy (non-hydrogen) atoms. The SMILES string of the molecule is CNC(=O)C1(NC(=O)C(=O)c2c(C)c(C(=O)Nc3ccc(C)c(F)c3)c3n2C[C@H]2C[C@@H]32)CC(F)(F)C1. The Morgan fingerprint density at radius 1 is 1.11 bits per heavy atom. The molecule has 0 unspecified atom stereocenters. The monoisotopic (exact) mass is 502 g/mol. The lowest BCUT2D eigenvalue weighted by Gasteiger charge is -2.45. The molecule has 2 aliphatic carbocycles. The van der Waals surface area contributed by atoms with Gasteiger partial charge in [0.1, 0.15) is 11.4 Å². The lowest BCUT2D eigenvalue weighted by Crippen LogP contribution is -2.69. The predicted octanol–water partition coefficient (Wildman–Crippen LogP) is 2.83. The summed E-state index contributed by atoms with van der Waals surface area (Å²) in [5.41, 5.74) is -0.0638. The summed E-state index contributed by atoms with van der Waals surface area (Å²) in [6.07, 6.45) is -0.971. The van der Waals surface area contributed by atoms with Crippen molar-refractivity contribution in [3.05, 3.63) is 52.1 Å². The number of hydrogen-bond acceptors (Lipinski definition) is 4. The minimum Gasteiger partial charge on any atom is -0.357 e. The minimum atomic E-state index is -3.13. The number of fused-ring (bicyclic) bond motifs is 3. The van der Waals surface area contributed by atoms with Gasteiger partial charge in [0.05, 0.1) is 11.3 Å². The van der Waals surface area contributed by atoms with E-state index < -0.39 is 53.6 Å². The molecule has 3 N–H and O–H groups in total. The van der Waals surface area contributed by atoms with Gasteiger partial charge in [0.25, 0.3) is 23.5 Å². The number of likely N-dealkylation sites (N-methyl/N-ethyl adjacent to an activating group) is 1. The van der Waals surface area contributed by atoms with E-state index in [2.05, 4.69) is 16.0 Å². The van der Waals surface area contributed by atoms with Crippen molar-refractivity contribution in [2.75, 3.05) is 12.4 Å². The second-order valence-electron chi connectivity index (χ2n) is 10.0. The number of carbonyl (C=O) groups excluding carboxylic acids is 4. The van der Waals surface area contributed by atoms with Crippen LogP contribution in [0.2, 0.25) is 0 Å². The molecule has 2 fully saturated rings. The third kappa shape index (κ3) is 3.68. The Balaban J connectivity index is 1.45. The number of nitrogens with one attached hydrogen (secondary N) is 3. The van der Waals surface area contributed by atoms with Crippen LogP contribution in [0.4, 0.5) is 18.9 Å². The van der Waals surface area contributed by atoms with Crippen molar-refractivity contribution in [2.45, 2.75) is 57.0 Å². The highest BCUT2D eigenvalue weighted by Crippen LogP contribution is 2.56. The summed E-state index contributed by atoms with van der Waals surface area (Å²) >= 11 is 0. The average molecular weight is 502 g/mol. The van der Waals surface area contributed by atoms with Crippen molar-refractivity contribution < 1.29 is 32.3 Å². The van der Waals surface area contributed by atoms with Crippen LogP contribution in [0.3, 0.4) is 0 Å². The zero-order valence-corrected chi connectivity index (χ0v) is 19.9. The van der Waals surface area contributed by atoms with E-state index in [0.29, 0.717) is 17.8 Å². The van der Waals surface area contributed by atoms with Gasteiger partial charge in [-0.05, 0) is 49.4 Å². The van der Waals surface area contributed by atoms with Crippen LogP contribution in [-0.2, 0) is 16.1 Å². The molecule has 2 saturated carbocycles. The highest BCUT2D eigenvalue weighted by molar-refractivity contribution is 6.43. The molecule has 2 aromatic rings. The number of aromatic nitrogens is 1. The summed E-state index contributed by atoms with van der Waals surface area (Å²) in [6, 6.07) is 4.30. The number of alkyl halides is 2. The first kappa shape index (κ1) is 24.1. The van der Waals surface area contributed by atoms with Crippen molar-refractivity contribution in [3.8, 4) is 0 Å². The van der Waals surface area contributed by atoms with Gasteiger partial charge < -0.3 is 20.5 Å². The Morgan fingerprint density at radius 3 is 2.42 bits per heavy atom. The van der Waals surface area contributed by atoms with Crippen molar-refractivity contribution >= 4 is 29.2 Å². The third-order valence-corrected chi connectivity index (χ3v) is 7.45. The van der Waals surface area contributed by atoms with Crippen LogP contribution in [0.15, 0.2) is 18.2 Å². The molecule has 5 rings (SSSR count). The van der Waals surface area contributed by atoms with Gasteiger partial charge in [-0.25, -0.2) is 13.2 Å². The van der Waals surface area contributed by atoms with Crippen molar-refractivity contribution in [2.24, 2.45) is 5.92 Å². The van der Waals surface area contributed by atoms with E-state index in [1.807, 2.05) is 0 Å². The van der Waals surface area contributed by atoms with Crippen LogP contribution >= 0.6 is 0 Å². The molecule has 11 heteroatoms. The maximum atomic E-state index is 14.0. The van der Waals surface area contributed by atoms with Crippen LogP contribution in [0.1, 0.15) is 62.8 Å². The molecular weight excluding hydrogens is 477 g/mol. The Hall–Kier alpha value is -3.63. The molecule has 0 saturated heterocycles. The Morgan fingerprint density at radius 2 is 1.81 bits per heavy atom. The standard InChI is InChI=1S/C25H25F3N4O4/c1-11-4-5-14(7-16(11)26)30-21(34)17-12(2)18(32-8-13-6-15(13)19(17)32)20(33)22(35)31-24(23(36)29-3)9-25(27,28)10-24/h4-5,7,13,15H,6,8-10H2,1-3H3,(H,29,36)(H,30,34)(H,31,35)/t13-,15-/m1/s1. The van der Waals surface area contributed by atoms with Gasteiger partial charge in [-0.2, -0.15) is 0 Å². The number of rotatable bonds is 6. The Bertz CT molecular complexity index is 1340. The number of ketones is 1. The number of amides is 3. The molecule has 2 atom stereocenters. The zero-order chi connectivity index (χ0) is 26.2. The van der Waals surface area contributed by atoms with E-state index in [0.717, 1.165) is 6.42 Å². The quantitative estimate of drug-likeness (QED) is 0.417. The molecule has 0 radical (unpaired) electrons. The fourth-order valence-electron chi connectivity index (χ4n) is 5.56. The van der Waals surface area contributed by atoms with Crippen LogP contribution in [0, 0.1) is 25.6 Å². The van der Waals surface area contributed by atoms with Gasteiger partial charge in [0, 0.05) is 43.7 Å². The van der Waals surface area contributed by atoms with Crippen molar-refractivity contribution in [1.82, 2.24) is 15.2 Å². The molecule has 3 aliphatic rings. The number of aryl methyl sites for hydroxylation is 1. The lowest BCUT2D eigenvalue weighted by molar-refractivity contribution is -0.164. The van der Waals surface area contributed by atoms with Crippen LogP contribution in [0.25, 0.3) is 0 Å². The average Bonchev–Trinajstić information content (AvgIpc) is 3.37. The topological polar surface area (TPSA) is 109 Å². The van der Waals surface area contributed by atoms with E-state index in [-0.39, 0.29) is 34.3 Å². The maximum absolute atomic E-state index is 14.0. The van der Waals surface area contributed by atoms with Gasteiger partial charge in [-0.15, -0.1) is 0 Å². The first-order chi connectivity index (χ1) is 16.9. The van der Waals surface area contributed by atoms with Crippen LogP contribution in [-0.4, -0.2) is 46.6 Å². The van der Waals surface area contributed by atoms with Gasteiger partial charge in [0.2, 0.25) is 5.91 Å². The first-order valence-corrected chi connectivity index (χ1v) is 11.6. The normalized spacial score (nSPS) is 22.1. The summed E-state index contributed by atoms with van der Waals surface area (Å²) < 4.78 is 42.9. The molecule has 0 bridgehead atoms. The first-order valence-electron chi connectivity index (χ1n) is 11.6. The second-order valence-corrected chi connectivity index (χ2v) is 10.0. The number of benzene rings is 1. The van der Waals surface area contributed by atoms with Gasteiger partial charge >= 0.3 is 0 Å². The molecule has 1 aliphatic heterocycles. The molecule has 0 spiro atoms. The molecule has 8 nitrogen and oxygen atoms in total. The lowest BCUT2D eigenvalue weighted by atomic mass is 9.72. The summed E-state index contributed by atoms with van der Waals surface area (Å²) in [4.78, 5) is 51.7. The number of nitrogens with zero attached hydrogens (tertiary/aromatic N) is 1.